The van der Waals surface area contributed by atoms with Crippen LogP contribution in [0.15, 0.2) is 48.5 Å². The minimum Gasteiger partial charge on any atom is -0.486 e. The Hall–Kier alpha value is -3.32. The summed E-state index contributed by atoms with van der Waals surface area (Å²) < 4.78 is 11.4. The van der Waals surface area contributed by atoms with Crippen molar-refractivity contribution >= 4 is 17.5 Å². The largest absolute Gasteiger partial charge is 0.486 e. The van der Waals surface area contributed by atoms with Crippen molar-refractivity contribution in [1.29, 1.82) is 0 Å². The van der Waals surface area contributed by atoms with E-state index in [0.29, 0.717) is 13.2 Å². The van der Waals surface area contributed by atoms with Gasteiger partial charge < -0.3 is 24.6 Å². The molecule has 2 aliphatic heterocycles. The van der Waals surface area contributed by atoms with E-state index in [-0.39, 0.29) is 5.41 Å². The Labute approximate surface area is 201 Å². The normalized spacial score (nSPS) is 16.4. The SMILES string of the molecule is CN1CCN(c2nc(Nc3ccc4c(c3)OCCO4)cc(-c3ccc(C(C)(C)C)cc3)n2)CC1. The van der Waals surface area contributed by atoms with Gasteiger partial charge in [0.15, 0.2) is 11.5 Å². The quantitative estimate of drug-likeness (QED) is 0.606. The molecule has 3 aromatic rings. The summed E-state index contributed by atoms with van der Waals surface area (Å²) in [4.78, 5) is 14.5. The molecule has 34 heavy (non-hydrogen) atoms. The molecule has 7 nitrogen and oxygen atoms in total. The Morgan fingerprint density at radius 2 is 1.53 bits per heavy atom. The lowest BCUT2D eigenvalue weighted by atomic mass is 9.86. The number of nitrogens with zero attached hydrogens (tertiary/aromatic N) is 4. The number of hydrogen-bond acceptors (Lipinski definition) is 7. The molecule has 1 N–H and O–H groups in total. The number of piperazine rings is 1. The number of ether oxygens (including phenoxy) is 2. The van der Waals surface area contributed by atoms with Gasteiger partial charge in [-0.1, -0.05) is 45.0 Å². The van der Waals surface area contributed by atoms with Crippen LogP contribution in [0.5, 0.6) is 11.5 Å². The van der Waals surface area contributed by atoms with Gasteiger partial charge in [-0.25, -0.2) is 4.98 Å². The smallest absolute Gasteiger partial charge is 0.227 e. The van der Waals surface area contributed by atoms with E-state index in [0.717, 1.165) is 66.4 Å². The van der Waals surface area contributed by atoms with E-state index in [9.17, 15) is 0 Å². The van der Waals surface area contributed by atoms with E-state index in [2.05, 4.69) is 67.2 Å². The van der Waals surface area contributed by atoms with Crippen molar-refractivity contribution in [3.05, 3.63) is 54.1 Å². The Morgan fingerprint density at radius 1 is 0.824 bits per heavy atom. The standard InChI is InChI=1S/C27H33N5O2/c1-27(2,3)20-7-5-19(6-8-20)22-18-25(30-26(29-22)32-13-11-31(4)12-14-32)28-21-9-10-23-24(17-21)34-16-15-33-23/h5-10,17-18H,11-16H2,1-4H3,(H,28,29,30). The Balaban J connectivity index is 1.48. The summed E-state index contributed by atoms with van der Waals surface area (Å²) in [7, 11) is 2.15. The molecule has 3 heterocycles. The summed E-state index contributed by atoms with van der Waals surface area (Å²) in [6.07, 6.45) is 0. The van der Waals surface area contributed by atoms with E-state index in [1.165, 1.54) is 5.56 Å². The lowest BCUT2D eigenvalue weighted by Crippen LogP contribution is -2.45. The fourth-order valence-corrected chi connectivity index (χ4v) is 4.20. The fourth-order valence-electron chi connectivity index (χ4n) is 4.20. The van der Waals surface area contributed by atoms with Gasteiger partial charge in [0.1, 0.15) is 19.0 Å². The van der Waals surface area contributed by atoms with Crippen LogP contribution < -0.4 is 19.7 Å². The number of hydrogen-bond donors (Lipinski definition) is 1. The first-order valence-electron chi connectivity index (χ1n) is 12.0. The molecule has 1 fully saturated rings. The number of nitrogens with one attached hydrogen (secondary N) is 1. The number of benzene rings is 2. The van der Waals surface area contributed by atoms with Gasteiger partial charge in [-0.15, -0.1) is 0 Å². The Morgan fingerprint density at radius 3 is 2.24 bits per heavy atom. The molecule has 1 saturated heterocycles. The molecule has 1 aromatic heterocycles. The highest BCUT2D eigenvalue weighted by Crippen LogP contribution is 2.34. The van der Waals surface area contributed by atoms with Crippen molar-refractivity contribution in [3.8, 4) is 22.8 Å². The second-order valence-corrected chi connectivity index (χ2v) is 10.0. The van der Waals surface area contributed by atoms with Gasteiger partial charge >= 0.3 is 0 Å². The molecule has 7 heteroatoms. The minimum absolute atomic E-state index is 0.111. The lowest BCUT2D eigenvalue weighted by Gasteiger charge is -2.32. The fraction of sp³-hybridized carbons (Fsp3) is 0.407. The minimum atomic E-state index is 0.111. The molecule has 0 spiro atoms. The van der Waals surface area contributed by atoms with E-state index in [1.54, 1.807) is 0 Å². The predicted molar refractivity (Wildman–Crippen MR) is 137 cm³/mol. The molecule has 0 bridgehead atoms. The van der Waals surface area contributed by atoms with Gasteiger partial charge in [0, 0.05) is 49.6 Å². The van der Waals surface area contributed by atoms with Crippen LogP contribution in [0.3, 0.4) is 0 Å². The van der Waals surface area contributed by atoms with Crippen molar-refractivity contribution in [2.24, 2.45) is 0 Å². The van der Waals surface area contributed by atoms with Gasteiger partial charge in [0.25, 0.3) is 0 Å². The Bertz CT molecular complexity index is 1150. The summed E-state index contributed by atoms with van der Waals surface area (Å²) in [6, 6.07) is 16.6. The lowest BCUT2D eigenvalue weighted by molar-refractivity contribution is 0.171. The third kappa shape index (κ3) is 4.94. The van der Waals surface area contributed by atoms with Crippen LogP contribution in [0.4, 0.5) is 17.5 Å². The first kappa shape index (κ1) is 22.5. The van der Waals surface area contributed by atoms with Crippen LogP contribution in [0.25, 0.3) is 11.3 Å². The monoisotopic (exact) mass is 459 g/mol. The first-order chi connectivity index (χ1) is 16.3. The molecule has 0 aliphatic carbocycles. The van der Waals surface area contributed by atoms with Crippen LogP contribution >= 0.6 is 0 Å². The molecule has 5 rings (SSSR count). The highest BCUT2D eigenvalue weighted by Gasteiger charge is 2.20. The number of rotatable bonds is 4. The van der Waals surface area contributed by atoms with Crippen LogP contribution in [0.2, 0.25) is 0 Å². The molecule has 0 atom stereocenters. The molecule has 0 amide bonds. The number of fused-ring (bicyclic) bond motifs is 1. The molecule has 178 valence electrons. The Kier molecular flexibility index (Phi) is 6.04. The van der Waals surface area contributed by atoms with Crippen LogP contribution in [0.1, 0.15) is 26.3 Å². The van der Waals surface area contributed by atoms with Gasteiger partial charge in [-0.3, -0.25) is 0 Å². The summed E-state index contributed by atoms with van der Waals surface area (Å²) in [5.74, 6) is 3.04. The molecule has 2 aromatic carbocycles. The molecule has 0 radical (unpaired) electrons. The van der Waals surface area contributed by atoms with Crippen LogP contribution in [0, 0.1) is 0 Å². The topological polar surface area (TPSA) is 62.8 Å². The van der Waals surface area contributed by atoms with Crippen molar-refractivity contribution in [3.63, 3.8) is 0 Å². The van der Waals surface area contributed by atoms with Crippen molar-refractivity contribution in [1.82, 2.24) is 14.9 Å². The third-order valence-electron chi connectivity index (χ3n) is 6.36. The molecular formula is C27H33N5O2. The zero-order chi connectivity index (χ0) is 23.7. The van der Waals surface area contributed by atoms with E-state index in [1.807, 2.05) is 24.3 Å². The van der Waals surface area contributed by atoms with Crippen molar-refractivity contribution < 1.29 is 9.47 Å². The summed E-state index contributed by atoms with van der Waals surface area (Å²) in [5, 5.41) is 3.46. The highest BCUT2D eigenvalue weighted by atomic mass is 16.6. The highest BCUT2D eigenvalue weighted by molar-refractivity contribution is 5.69. The van der Waals surface area contributed by atoms with Gasteiger partial charge in [-0.05, 0) is 30.2 Å². The molecule has 0 unspecified atom stereocenters. The van der Waals surface area contributed by atoms with Crippen LogP contribution in [-0.4, -0.2) is 61.3 Å². The van der Waals surface area contributed by atoms with Crippen LogP contribution in [-0.2, 0) is 5.41 Å². The summed E-state index contributed by atoms with van der Waals surface area (Å²) >= 11 is 0. The number of likely N-dealkylation sites (N-methyl/N-ethyl adjacent to an activating group) is 1. The maximum atomic E-state index is 5.75. The zero-order valence-electron chi connectivity index (χ0n) is 20.5. The predicted octanol–water partition coefficient (Wildman–Crippen LogP) is 4.71. The van der Waals surface area contributed by atoms with Gasteiger partial charge in [0.05, 0.1) is 5.69 Å². The van der Waals surface area contributed by atoms with Gasteiger partial charge in [0.2, 0.25) is 5.95 Å². The van der Waals surface area contributed by atoms with E-state index >= 15 is 0 Å². The second-order valence-electron chi connectivity index (χ2n) is 10.0. The number of anilines is 3. The second kappa shape index (κ2) is 9.14. The third-order valence-corrected chi connectivity index (χ3v) is 6.36. The maximum absolute atomic E-state index is 5.75. The summed E-state index contributed by atoms with van der Waals surface area (Å²) in [5.41, 5.74) is 4.31. The van der Waals surface area contributed by atoms with Gasteiger partial charge in [-0.2, -0.15) is 4.98 Å². The van der Waals surface area contributed by atoms with E-state index < -0.39 is 0 Å². The average molecular weight is 460 g/mol. The maximum Gasteiger partial charge on any atom is 0.227 e. The van der Waals surface area contributed by atoms with Crippen molar-refractivity contribution in [2.45, 2.75) is 26.2 Å². The molecule has 0 saturated carbocycles. The zero-order valence-corrected chi connectivity index (χ0v) is 20.5. The molecule has 2 aliphatic rings. The van der Waals surface area contributed by atoms with Crippen molar-refractivity contribution in [2.75, 3.05) is 56.7 Å². The first-order valence-corrected chi connectivity index (χ1v) is 12.0. The molecular weight excluding hydrogens is 426 g/mol. The average Bonchev–Trinajstić information content (AvgIpc) is 2.84. The summed E-state index contributed by atoms with van der Waals surface area (Å²) in [6.45, 7) is 11.6. The number of aromatic nitrogens is 2. The van der Waals surface area contributed by atoms with E-state index in [4.69, 9.17) is 19.4 Å².